The predicted octanol–water partition coefficient (Wildman–Crippen LogP) is 1.83. The van der Waals surface area contributed by atoms with Crippen molar-refractivity contribution < 1.29 is 4.79 Å². The molecule has 4 nitrogen and oxygen atoms in total. The Balaban J connectivity index is 1.86. The summed E-state index contributed by atoms with van der Waals surface area (Å²) in [5.41, 5.74) is 1.18. The molecule has 1 aromatic rings. The Labute approximate surface area is 115 Å². The van der Waals surface area contributed by atoms with Crippen LogP contribution < -0.4 is 5.32 Å². The highest BCUT2D eigenvalue weighted by atomic mass is 79.9. The third-order valence-corrected chi connectivity index (χ3v) is 4.57. The molecule has 0 spiro atoms. The largest absolute Gasteiger partial charge is 0.320 e. The van der Waals surface area contributed by atoms with Gasteiger partial charge >= 0.3 is 6.03 Å². The summed E-state index contributed by atoms with van der Waals surface area (Å²) < 4.78 is 1.07. The Hall–Kier alpha value is -1.07. The number of likely N-dealkylation sites (N-methyl/N-ethyl adjacent to an activating group) is 1. The fraction of sp³-hybridized carbons (Fsp3) is 0.462. The molecule has 18 heavy (non-hydrogen) atoms. The standard InChI is InChI=1S/C13H16BrN3O/c1-16-12(10-4-2-3-5-11(10)14)8-17(13(16)18)9-6-15-7-9/h2-5,9,12,15H,6-8H2,1H3. The van der Waals surface area contributed by atoms with E-state index in [0.717, 1.165) is 24.1 Å². The number of carbonyl (C=O) groups excluding carboxylic acids is 1. The van der Waals surface area contributed by atoms with E-state index in [-0.39, 0.29) is 12.1 Å². The lowest BCUT2D eigenvalue weighted by atomic mass is 10.1. The average Bonchev–Trinajstić information content (AvgIpc) is 2.57. The van der Waals surface area contributed by atoms with Gasteiger partial charge in [-0.2, -0.15) is 0 Å². The maximum atomic E-state index is 12.2. The SMILES string of the molecule is CN1C(=O)N(C2CNC2)CC1c1ccccc1Br. The van der Waals surface area contributed by atoms with Crippen LogP contribution in [-0.2, 0) is 0 Å². The van der Waals surface area contributed by atoms with Crippen LogP contribution in [0.4, 0.5) is 4.79 Å². The van der Waals surface area contributed by atoms with Crippen molar-refractivity contribution in [2.24, 2.45) is 0 Å². The molecule has 1 unspecified atom stereocenters. The van der Waals surface area contributed by atoms with Crippen molar-refractivity contribution in [3.05, 3.63) is 34.3 Å². The number of hydrogen-bond donors (Lipinski definition) is 1. The van der Waals surface area contributed by atoms with Crippen molar-refractivity contribution in [2.45, 2.75) is 12.1 Å². The number of halogens is 1. The van der Waals surface area contributed by atoms with Crippen molar-refractivity contribution in [1.82, 2.24) is 15.1 Å². The molecule has 2 aliphatic rings. The second kappa shape index (κ2) is 4.55. The molecule has 1 atom stereocenters. The van der Waals surface area contributed by atoms with Crippen LogP contribution in [0.1, 0.15) is 11.6 Å². The lowest BCUT2D eigenvalue weighted by Gasteiger charge is -2.34. The minimum Gasteiger partial charge on any atom is -0.319 e. The molecule has 2 fully saturated rings. The summed E-state index contributed by atoms with van der Waals surface area (Å²) in [6.07, 6.45) is 0. The second-order valence-electron chi connectivity index (χ2n) is 4.90. The summed E-state index contributed by atoms with van der Waals surface area (Å²) in [4.78, 5) is 16.1. The fourth-order valence-corrected chi connectivity index (χ4v) is 3.12. The van der Waals surface area contributed by atoms with E-state index in [1.165, 1.54) is 5.56 Å². The smallest absolute Gasteiger partial charge is 0.319 e. The Kier molecular flexibility index (Phi) is 3.03. The highest BCUT2D eigenvalue weighted by molar-refractivity contribution is 9.10. The van der Waals surface area contributed by atoms with E-state index in [1.54, 1.807) is 0 Å². The summed E-state index contributed by atoms with van der Waals surface area (Å²) in [6.45, 7) is 2.62. The number of carbonyl (C=O) groups is 1. The van der Waals surface area contributed by atoms with Gasteiger partial charge in [-0.1, -0.05) is 34.1 Å². The first-order valence-corrected chi connectivity index (χ1v) is 6.96. The first-order valence-electron chi connectivity index (χ1n) is 6.17. The van der Waals surface area contributed by atoms with Crippen LogP contribution in [0.2, 0.25) is 0 Å². The van der Waals surface area contributed by atoms with Gasteiger partial charge in [0, 0.05) is 31.2 Å². The molecule has 2 amide bonds. The quantitative estimate of drug-likeness (QED) is 0.904. The summed E-state index contributed by atoms with van der Waals surface area (Å²) in [5, 5.41) is 3.22. The van der Waals surface area contributed by atoms with E-state index >= 15 is 0 Å². The van der Waals surface area contributed by atoms with Gasteiger partial charge < -0.3 is 15.1 Å². The van der Waals surface area contributed by atoms with Crippen LogP contribution in [0.3, 0.4) is 0 Å². The molecule has 0 bridgehead atoms. The molecular formula is C13H16BrN3O. The van der Waals surface area contributed by atoms with Crippen molar-refractivity contribution in [3.8, 4) is 0 Å². The molecule has 2 saturated heterocycles. The van der Waals surface area contributed by atoms with E-state index in [9.17, 15) is 4.79 Å². The molecule has 1 N–H and O–H groups in total. The summed E-state index contributed by atoms with van der Waals surface area (Å²) in [6, 6.07) is 8.79. The molecule has 0 radical (unpaired) electrons. The third-order valence-electron chi connectivity index (χ3n) is 3.85. The Bertz CT molecular complexity index is 475. The average molecular weight is 310 g/mol. The van der Waals surface area contributed by atoms with Crippen molar-refractivity contribution in [1.29, 1.82) is 0 Å². The molecule has 1 aromatic carbocycles. The summed E-state index contributed by atoms with van der Waals surface area (Å²) in [5.74, 6) is 0. The van der Waals surface area contributed by atoms with Crippen LogP contribution in [-0.4, -0.2) is 48.6 Å². The highest BCUT2D eigenvalue weighted by Crippen LogP contribution is 2.33. The topological polar surface area (TPSA) is 35.6 Å². The zero-order valence-electron chi connectivity index (χ0n) is 10.3. The monoisotopic (exact) mass is 309 g/mol. The summed E-state index contributed by atoms with van der Waals surface area (Å²) >= 11 is 3.57. The minimum absolute atomic E-state index is 0.141. The second-order valence-corrected chi connectivity index (χ2v) is 5.75. The number of benzene rings is 1. The predicted molar refractivity (Wildman–Crippen MR) is 73.4 cm³/mol. The molecule has 0 aliphatic carbocycles. The zero-order chi connectivity index (χ0) is 12.7. The number of rotatable bonds is 2. The van der Waals surface area contributed by atoms with E-state index in [2.05, 4.69) is 27.3 Å². The Morgan fingerprint density at radius 2 is 2.06 bits per heavy atom. The molecular weight excluding hydrogens is 294 g/mol. The Morgan fingerprint density at radius 3 is 2.67 bits per heavy atom. The molecule has 3 rings (SSSR count). The molecule has 2 heterocycles. The minimum atomic E-state index is 0.141. The molecule has 0 saturated carbocycles. The number of amides is 2. The van der Waals surface area contributed by atoms with Crippen molar-refractivity contribution >= 4 is 22.0 Å². The van der Waals surface area contributed by atoms with Gasteiger partial charge in [0.2, 0.25) is 0 Å². The van der Waals surface area contributed by atoms with Crippen LogP contribution in [0.15, 0.2) is 28.7 Å². The zero-order valence-corrected chi connectivity index (χ0v) is 11.9. The molecule has 96 valence electrons. The summed E-state index contributed by atoms with van der Waals surface area (Å²) in [7, 11) is 1.89. The highest BCUT2D eigenvalue weighted by Gasteiger charge is 2.41. The molecule has 5 heteroatoms. The van der Waals surface area contributed by atoms with Gasteiger partial charge in [-0.05, 0) is 11.6 Å². The lowest BCUT2D eigenvalue weighted by Crippen LogP contribution is -2.57. The van der Waals surface area contributed by atoms with Crippen LogP contribution in [0.5, 0.6) is 0 Å². The van der Waals surface area contributed by atoms with Crippen LogP contribution in [0, 0.1) is 0 Å². The van der Waals surface area contributed by atoms with Gasteiger partial charge in [0.1, 0.15) is 0 Å². The van der Waals surface area contributed by atoms with Gasteiger partial charge in [-0.25, -0.2) is 4.79 Å². The van der Waals surface area contributed by atoms with Gasteiger partial charge in [-0.3, -0.25) is 0 Å². The van der Waals surface area contributed by atoms with Crippen LogP contribution in [0.25, 0.3) is 0 Å². The van der Waals surface area contributed by atoms with Crippen molar-refractivity contribution in [3.63, 3.8) is 0 Å². The maximum Gasteiger partial charge on any atom is 0.320 e. The van der Waals surface area contributed by atoms with E-state index in [4.69, 9.17) is 0 Å². The first-order chi connectivity index (χ1) is 8.68. The maximum absolute atomic E-state index is 12.2. The first kappa shape index (κ1) is 12.0. The number of hydrogen-bond acceptors (Lipinski definition) is 2. The lowest BCUT2D eigenvalue weighted by molar-refractivity contribution is 0.162. The molecule has 0 aromatic heterocycles. The third kappa shape index (κ3) is 1.82. The van der Waals surface area contributed by atoms with Gasteiger partial charge in [0.15, 0.2) is 0 Å². The number of nitrogens with zero attached hydrogens (tertiary/aromatic N) is 2. The molecule has 2 aliphatic heterocycles. The van der Waals surface area contributed by atoms with E-state index in [1.807, 2.05) is 35.0 Å². The van der Waals surface area contributed by atoms with Gasteiger partial charge in [0.25, 0.3) is 0 Å². The van der Waals surface area contributed by atoms with Crippen molar-refractivity contribution in [2.75, 3.05) is 26.7 Å². The fourth-order valence-electron chi connectivity index (χ4n) is 2.57. The van der Waals surface area contributed by atoms with Gasteiger partial charge in [-0.15, -0.1) is 0 Å². The number of nitrogens with one attached hydrogen (secondary N) is 1. The van der Waals surface area contributed by atoms with E-state index in [0.29, 0.717) is 6.04 Å². The number of urea groups is 1. The van der Waals surface area contributed by atoms with E-state index < -0.39 is 0 Å². The normalized spacial score (nSPS) is 24.6. The van der Waals surface area contributed by atoms with Gasteiger partial charge in [0.05, 0.1) is 12.1 Å². The van der Waals surface area contributed by atoms with Crippen LogP contribution >= 0.6 is 15.9 Å². The Morgan fingerprint density at radius 1 is 1.33 bits per heavy atom.